The van der Waals surface area contributed by atoms with Gasteiger partial charge < -0.3 is 0 Å². The topological polar surface area (TPSA) is 41.5 Å². The number of carbonyl (C=O) groups excluding carboxylic acids is 1. The zero-order valence-corrected chi connectivity index (χ0v) is 11.7. The molecule has 1 rings (SSSR count). The first-order chi connectivity index (χ1) is 8.45. The summed E-state index contributed by atoms with van der Waals surface area (Å²) in [5, 5.41) is 3.88. The van der Waals surface area contributed by atoms with Gasteiger partial charge in [-0.2, -0.15) is 5.10 Å². The zero-order chi connectivity index (χ0) is 13.6. The highest BCUT2D eigenvalue weighted by molar-refractivity contribution is 5.94. The SMILES string of the molecule is CCC/C=N/NC(=O)c1ccc(C(C)(C)C)cc1. The molecule has 0 aliphatic heterocycles. The van der Waals surface area contributed by atoms with Crippen molar-refractivity contribution in [3.05, 3.63) is 35.4 Å². The Balaban J connectivity index is 2.65. The third kappa shape index (κ3) is 4.32. The lowest BCUT2D eigenvalue weighted by molar-refractivity contribution is 0.0955. The van der Waals surface area contributed by atoms with Gasteiger partial charge in [0, 0.05) is 11.8 Å². The molecule has 0 fully saturated rings. The van der Waals surface area contributed by atoms with Crippen LogP contribution in [0.1, 0.15) is 56.5 Å². The van der Waals surface area contributed by atoms with Crippen LogP contribution in [0.15, 0.2) is 29.4 Å². The van der Waals surface area contributed by atoms with Crippen LogP contribution in [0.3, 0.4) is 0 Å². The van der Waals surface area contributed by atoms with Crippen molar-refractivity contribution in [3.63, 3.8) is 0 Å². The van der Waals surface area contributed by atoms with Gasteiger partial charge in [-0.15, -0.1) is 0 Å². The molecule has 0 heterocycles. The van der Waals surface area contributed by atoms with Gasteiger partial charge in [0.1, 0.15) is 0 Å². The molecule has 98 valence electrons. The molecule has 0 unspecified atom stereocenters. The van der Waals surface area contributed by atoms with E-state index in [-0.39, 0.29) is 11.3 Å². The maximum Gasteiger partial charge on any atom is 0.271 e. The number of benzene rings is 1. The Morgan fingerprint density at radius 3 is 2.39 bits per heavy atom. The van der Waals surface area contributed by atoms with Gasteiger partial charge in [0.2, 0.25) is 0 Å². The monoisotopic (exact) mass is 246 g/mol. The number of unbranched alkanes of at least 4 members (excludes halogenated alkanes) is 1. The summed E-state index contributed by atoms with van der Waals surface area (Å²) in [6.45, 7) is 8.52. The van der Waals surface area contributed by atoms with Crippen molar-refractivity contribution >= 4 is 12.1 Å². The van der Waals surface area contributed by atoms with E-state index in [0.717, 1.165) is 12.8 Å². The van der Waals surface area contributed by atoms with E-state index in [9.17, 15) is 4.79 Å². The molecule has 18 heavy (non-hydrogen) atoms. The fourth-order valence-electron chi connectivity index (χ4n) is 1.48. The average Bonchev–Trinajstić information content (AvgIpc) is 2.33. The predicted molar refractivity (Wildman–Crippen MR) is 76.0 cm³/mol. The van der Waals surface area contributed by atoms with Crippen LogP contribution >= 0.6 is 0 Å². The van der Waals surface area contributed by atoms with E-state index < -0.39 is 0 Å². The smallest absolute Gasteiger partial charge is 0.267 e. The molecule has 1 aromatic rings. The second-order valence-electron chi connectivity index (χ2n) is 5.37. The molecule has 0 atom stereocenters. The molecule has 0 saturated carbocycles. The van der Waals surface area contributed by atoms with Crippen molar-refractivity contribution in [1.82, 2.24) is 5.43 Å². The van der Waals surface area contributed by atoms with Crippen molar-refractivity contribution in [2.75, 3.05) is 0 Å². The summed E-state index contributed by atoms with van der Waals surface area (Å²) >= 11 is 0. The molecule has 0 aromatic heterocycles. The molecule has 3 nitrogen and oxygen atoms in total. The van der Waals surface area contributed by atoms with E-state index in [1.54, 1.807) is 6.21 Å². The minimum atomic E-state index is -0.164. The standard InChI is InChI=1S/C15H22N2O/c1-5-6-11-16-17-14(18)12-7-9-13(10-8-12)15(2,3)4/h7-11H,5-6H2,1-4H3,(H,17,18)/b16-11+. The van der Waals surface area contributed by atoms with Gasteiger partial charge in [-0.3, -0.25) is 4.79 Å². The second-order valence-corrected chi connectivity index (χ2v) is 5.37. The number of hydrazone groups is 1. The number of carbonyl (C=O) groups is 1. The first-order valence-electron chi connectivity index (χ1n) is 6.37. The number of amides is 1. The molecule has 3 heteroatoms. The lowest BCUT2D eigenvalue weighted by Gasteiger charge is -2.18. The number of rotatable bonds is 4. The zero-order valence-electron chi connectivity index (χ0n) is 11.7. The van der Waals surface area contributed by atoms with Crippen LogP contribution in [0.5, 0.6) is 0 Å². The fraction of sp³-hybridized carbons (Fsp3) is 0.467. The van der Waals surface area contributed by atoms with E-state index in [2.05, 4.69) is 38.2 Å². The third-order valence-electron chi connectivity index (χ3n) is 2.69. The maximum atomic E-state index is 11.7. The van der Waals surface area contributed by atoms with Crippen LogP contribution in [-0.2, 0) is 5.41 Å². The highest BCUT2D eigenvalue weighted by atomic mass is 16.2. The fourth-order valence-corrected chi connectivity index (χ4v) is 1.48. The molecule has 0 spiro atoms. The number of nitrogens with zero attached hydrogens (tertiary/aromatic N) is 1. The Labute approximate surface area is 109 Å². The number of hydrogen-bond donors (Lipinski definition) is 1. The molecule has 0 bridgehead atoms. The van der Waals surface area contributed by atoms with Gasteiger partial charge in [0.15, 0.2) is 0 Å². The van der Waals surface area contributed by atoms with Crippen LogP contribution < -0.4 is 5.43 Å². The molecule has 0 saturated heterocycles. The van der Waals surface area contributed by atoms with Crippen molar-refractivity contribution in [3.8, 4) is 0 Å². The summed E-state index contributed by atoms with van der Waals surface area (Å²) < 4.78 is 0. The molecule has 0 aliphatic carbocycles. The normalized spacial score (nSPS) is 11.8. The van der Waals surface area contributed by atoms with E-state index in [0.29, 0.717) is 5.56 Å². The van der Waals surface area contributed by atoms with Gasteiger partial charge in [0.05, 0.1) is 0 Å². The molecular weight excluding hydrogens is 224 g/mol. The van der Waals surface area contributed by atoms with Crippen molar-refractivity contribution in [2.24, 2.45) is 5.10 Å². The second kappa shape index (κ2) is 6.34. The Bertz CT molecular complexity index is 413. The molecule has 1 amide bonds. The lowest BCUT2D eigenvalue weighted by atomic mass is 9.87. The Morgan fingerprint density at radius 2 is 1.89 bits per heavy atom. The van der Waals surface area contributed by atoms with Crippen LogP contribution in [0.2, 0.25) is 0 Å². The van der Waals surface area contributed by atoms with Crippen LogP contribution in [0, 0.1) is 0 Å². The van der Waals surface area contributed by atoms with Gasteiger partial charge in [0.25, 0.3) is 5.91 Å². The first kappa shape index (κ1) is 14.4. The predicted octanol–water partition coefficient (Wildman–Crippen LogP) is 3.50. The summed E-state index contributed by atoms with van der Waals surface area (Å²) in [6.07, 6.45) is 3.63. The molecule has 0 aliphatic rings. The molecule has 0 radical (unpaired) electrons. The largest absolute Gasteiger partial charge is 0.271 e. The Hall–Kier alpha value is -1.64. The summed E-state index contributed by atoms with van der Waals surface area (Å²) in [4.78, 5) is 11.7. The van der Waals surface area contributed by atoms with Gasteiger partial charge in [-0.05, 0) is 29.5 Å². The van der Waals surface area contributed by atoms with Gasteiger partial charge in [-0.1, -0.05) is 46.2 Å². The third-order valence-corrected chi connectivity index (χ3v) is 2.69. The number of nitrogens with one attached hydrogen (secondary N) is 1. The number of hydrogen-bond acceptors (Lipinski definition) is 2. The Kier molecular flexibility index (Phi) is 5.08. The van der Waals surface area contributed by atoms with Crippen molar-refractivity contribution in [2.45, 2.75) is 46.0 Å². The van der Waals surface area contributed by atoms with Crippen LogP contribution in [0.4, 0.5) is 0 Å². The molecular formula is C15H22N2O. The van der Waals surface area contributed by atoms with Crippen molar-refractivity contribution in [1.29, 1.82) is 0 Å². The summed E-state index contributed by atoms with van der Waals surface area (Å²) in [5.74, 6) is -0.164. The minimum Gasteiger partial charge on any atom is -0.267 e. The lowest BCUT2D eigenvalue weighted by Crippen LogP contribution is -2.18. The van der Waals surface area contributed by atoms with Gasteiger partial charge >= 0.3 is 0 Å². The first-order valence-corrected chi connectivity index (χ1v) is 6.37. The quantitative estimate of drug-likeness (QED) is 0.641. The molecule has 1 N–H and O–H groups in total. The highest BCUT2D eigenvalue weighted by Gasteiger charge is 2.13. The van der Waals surface area contributed by atoms with E-state index in [1.165, 1.54) is 5.56 Å². The van der Waals surface area contributed by atoms with E-state index in [4.69, 9.17) is 0 Å². The summed E-state index contributed by atoms with van der Waals surface area (Å²) in [7, 11) is 0. The van der Waals surface area contributed by atoms with Crippen LogP contribution in [-0.4, -0.2) is 12.1 Å². The minimum absolute atomic E-state index is 0.105. The Morgan fingerprint density at radius 1 is 1.28 bits per heavy atom. The maximum absolute atomic E-state index is 11.7. The van der Waals surface area contributed by atoms with Crippen molar-refractivity contribution < 1.29 is 4.79 Å². The summed E-state index contributed by atoms with van der Waals surface area (Å²) in [5.41, 5.74) is 4.48. The highest BCUT2D eigenvalue weighted by Crippen LogP contribution is 2.22. The van der Waals surface area contributed by atoms with E-state index >= 15 is 0 Å². The molecule has 1 aromatic carbocycles. The average molecular weight is 246 g/mol. The van der Waals surface area contributed by atoms with E-state index in [1.807, 2.05) is 24.3 Å². The summed E-state index contributed by atoms with van der Waals surface area (Å²) in [6, 6.07) is 7.66. The van der Waals surface area contributed by atoms with Gasteiger partial charge in [-0.25, -0.2) is 5.43 Å². The van der Waals surface area contributed by atoms with Crippen LogP contribution in [0.25, 0.3) is 0 Å².